The van der Waals surface area contributed by atoms with Gasteiger partial charge in [-0.1, -0.05) is 56.5 Å². The number of carboxylic acids is 1. The quantitative estimate of drug-likeness (QED) is 0.548. The molecule has 0 amide bonds. The monoisotopic (exact) mass is 320 g/mol. The summed E-state index contributed by atoms with van der Waals surface area (Å²) < 4.78 is 5.98. The van der Waals surface area contributed by atoms with Gasteiger partial charge < -0.3 is 9.84 Å². The van der Waals surface area contributed by atoms with Gasteiger partial charge in [-0.15, -0.1) is 0 Å². The van der Waals surface area contributed by atoms with Crippen LogP contribution in [0.5, 0.6) is 0 Å². The Bertz CT molecular complexity index is 456. The molecule has 1 rings (SSSR count). The van der Waals surface area contributed by atoms with E-state index in [1.165, 1.54) is 0 Å². The van der Waals surface area contributed by atoms with Gasteiger partial charge in [-0.3, -0.25) is 9.59 Å². The zero-order valence-electron chi connectivity index (χ0n) is 14.0. The van der Waals surface area contributed by atoms with E-state index in [2.05, 4.69) is 6.92 Å². The Labute approximate surface area is 138 Å². The third-order valence-electron chi connectivity index (χ3n) is 3.82. The SMILES string of the molecule is CCCCC[C@H](CCC(=O)CCC(=O)O)OCc1ccccc1. The topological polar surface area (TPSA) is 63.6 Å². The third-order valence-corrected chi connectivity index (χ3v) is 3.82. The van der Waals surface area contributed by atoms with Crippen LogP contribution >= 0.6 is 0 Å². The number of aliphatic carboxylic acids is 1. The van der Waals surface area contributed by atoms with Crippen molar-refractivity contribution in [1.29, 1.82) is 0 Å². The molecule has 0 aliphatic carbocycles. The molecular weight excluding hydrogens is 292 g/mol. The number of ether oxygens (including phenoxy) is 1. The van der Waals surface area contributed by atoms with Crippen molar-refractivity contribution >= 4 is 11.8 Å². The molecule has 4 heteroatoms. The number of unbranched alkanes of at least 4 members (excludes halogenated alkanes) is 2. The molecule has 0 unspecified atom stereocenters. The maximum Gasteiger partial charge on any atom is 0.303 e. The molecule has 0 spiro atoms. The highest BCUT2D eigenvalue weighted by Gasteiger charge is 2.13. The van der Waals surface area contributed by atoms with E-state index in [9.17, 15) is 9.59 Å². The van der Waals surface area contributed by atoms with E-state index in [1.54, 1.807) is 0 Å². The standard InChI is InChI=1S/C19H28O4/c1-2-3-5-10-18(13-11-17(20)12-14-19(21)22)23-15-16-8-6-4-7-9-16/h4,6-9,18H,2-3,5,10-15H2,1H3,(H,21,22)/t18-/m1/s1. The molecule has 1 aromatic rings. The Morgan fingerprint density at radius 3 is 2.43 bits per heavy atom. The second-order valence-corrected chi connectivity index (χ2v) is 5.89. The van der Waals surface area contributed by atoms with Crippen LogP contribution in [0.1, 0.15) is 63.9 Å². The molecule has 0 fully saturated rings. The van der Waals surface area contributed by atoms with Crippen LogP contribution in [-0.4, -0.2) is 23.0 Å². The molecule has 0 heterocycles. The molecule has 0 aliphatic heterocycles. The number of benzene rings is 1. The minimum atomic E-state index is -0.918. The third kappa shape index (κ3) is 9.84. The van der Waals surface area contributed by atoms with Gasteiger partial charge in [0.05, 0.1) is 19.1 Å². The van der Waals surface area contributed by atoms with Gasteiger partial charge in [0.25, 0.3) is 0 Å². The molecule has 23 heavy (non-hydrogen) atoms. The Hall–Kier alpha value is -1.68. The molecule has 1 aromatic carbocycles. The highest BCUT2D eigenvalue weighted by molar-refractivity contribution is 5.82. The summed E-state index contributed by atoms with van der Waals surface area (Å²) in [5, 5.41) is 8.62. The highest BCUT2D eigenvalue weighted by atomic mass is 16.5. The molecule has 1 N–H and O–H groups in total. The van der Waals surface area contributed by atoms with Crippen molar-refractivity contribution in [2.75, 3.05) is 0 Å². The van der Waals surface area contributed by atoms with E-state index in [0.29, 0.717) is 19.4 Å². The van der Waals surface area contributed by atoms with Crippen LogP contribution in [0.3, 0.4) is 0 Å². The summed E-state index contributed by atoms with van der Waals surface area (Å²) >= 11 is 0. The smallest absolute Gasteiger partial charge is 0.303 e. The lowest BCUT2D eigenvalue weighted by Crippen LogP contribution is -2.15. The number of rotatable bonds is 13. The average molecular weight is 320 g/mol. The van der Waals surface area contributed by atoms with E-state index in [0.717, 1.165) is 31.2 Å². The number of ketones is 1. The first-order chi connectivity index (χ1) is 11.1. The number of carboxylic acid groups (broad SMARTS) is 1. The maximum absolute atomic E-state index is 11.7. The molecule has 0 aromatic heterocycles. The molecule has 0 aliphatic rings. The van der Waals surface area contributed by atoms with Gasteiger partial charge in [0, 0.05) is 12.8 Å². The van der Waals surface area contributed by atoms with Gasteiger partial charge in [0.2, 0.25) is 0 Å². The molecular formula is C19H28O4. The van der Waals surface area contributed by atoms with E-state index < -0.39 is 5.97 Å². The number of carbonyl (C=O) groups excluding carboxylic acids is 1. The maximum atomic E-state index is 11.7. The summed E-state index contributed by atoms with van der Waals surface area (Å²) in [5.41, 5.74) is 1.13. The fourth-order valence-electron chi connectivity index (χ4n) is 2.41. The van der Waals surface area contributed by atoms with Crippen molar-refractivity contribution in [2.24, 2.45) is 0 Å². The molecule has 0 saturated carbocycles. The summed E-state index contributed by atoms with van der Waals surface area (Å²) in [5.74, 6) is -0.908. The fraction of sp³-hybridized carbons (Fsp3) is 0.579. The second kappa shape index (κ2) is 11.8. The van der Waals surface area contributed by atoms with Crippen LogP contribution in [0.25, 0.3) is 0 Å². The Morgan fingerprint density at radius 2 is 1.78 bits per heavy atom. The first-order valence-electron chi connectivity index (χ1n) is 8.50. The normalized spacial score (nSPS) is 12.0. The Kier molecular flexibility index (Phi) is 9.96. The van der Waals surface area contributed by atoms with Crippen molar-refractivity contribution in [3.05, 3.63) is 35.9 Å². The van der Waals surface area contributed by atoms with E-state index in [1.807, 2.05) is 30.3 Å². The lowest BCUT2D eigenvalue weighted by atomic mass is 10.0. The lowest BCUT2D eigenvalue weighted by molar-refractivity contribution is -0.138. The second-order valence-electron chi connectivity index (χ2n) is 5.89. The van der Waals surface area contributed by atoms with Gasteiger partial charge in [-0.2, -0.15) is 0 Å². The van der Waals surface area contributed by atoms with E-state index >= 15 is 0 Å². The Morgan fingerprint density at radius 1 is 1.04 bits per heavy atom. The van der Waals surface area contributed by atoms with Gasteiger partial charge in [-0.25, -0.2) is 0 Å². The zero-order valence-corrected chi connectivity index (χ0v) is 14.0. The van der Waals surface area contributed by atoms with Crippen molar-refractivity contribution in [3.63, 3.8) is 0 Å². The van der Waals surface area contributed by atoms with E-state index in [-0.39, 0.29) is 24.7 Å². The summed E-state index contributed by atoms with van der Waals surface area (Å²) in [6.45, 7) is 2.72. The number of hydrogen-bond acceptors (Lipinski definition) is 3. The molecule has 0 radical (unpaired) electrons. The van der Waals surface area contributed by atoms with Crippen molar-refractivity contribution in [3.8, 4) is 0 Å². The van der Waals surface area contributed by atoms with E-state index in [4.69, 9.17) is 9.84 Å². The molecule has 0 bridgehead atoms. The highest BCUT2D eigenvalue weighted by Crippen LogP contribution is 2.15. The number of Topliss-reactive ketones (excluding diaryl/α,β-unsaturated/α-hetero) is 1. The van der Waals surface area contributed by atoms with Gasteiger partial charge >= 0.3 is 5.97 Å². The molecule has 0 saturated heterocycles. The van der Waals surface area contributed by atoms with Crippen LogP contribution in [0.15, 0.2) is 30.3 Å². The van der Waals surface area contributed by atoms with Crippen molar-refractivity contribution in [2.45, 2.75) is 71.0 Å². The van der Waals surface area contributed by atoms with Crippen molar-refractivity contribution in [1.82, 2.24) is 0 Å². The van der Waals surface area contributed by atoms with Gasteiger partial charge in [-0.05, 0) is 18.4 Å². The van der Waals surface area contributed by atoms with Crippen LogP contribution in [0.2, 0.25) is 0 Å². The minimum Gasteiger partial charge on any atom is -0.481 e. The minimum absolute atomic E-state index is 0.0104. The molecule has 1 atom stereocenters. The predicted octanol–water partition coefficient (Wildman–Crippen LogP) is 4.37. The average Bonchev–Trinajstić information content (AvgIpc) is 2.56. The first kappa shape index (κ1) is 19.4. The van der Waals surface area contributed by atoms with Crippen LogP contribution < -0.4 is 0 Å². The van der Waals surface area contributed by atoms with Crippen LogP contribution in [0, 0.1) is 0 Å². The fourth-order valence-corrected chi connectivity index (χ4v) is 2.41. The van der Waals surface area contributed by atoms with Gasteiger partial charge in [0.15, 0.2) is 0 Å². The zero-order chi connectivity index (χ0) is 16.9. The van der Waals surface area contributed by atoms with Crippen LogP contribution in [0.4, 0.5) is 0 Å². The summed E-state index contributed by atoms with van der Waals surface area (Å²) in [6.07, 6.45) is 5.55. The Balaban J connectivity index is 2.38. The van der Waals surface area contributed by atoms with Crippen molar-refractivity contribution < 1.29 is 19.4 Å². The lowest BCUT2D eigenvalue weighted by Gasteiger charge is -2.18. The summed E-state index contributed by atoms with van der Waals surface area (Å²) in [6, 6.07) is 10.0. The number of carbonyl (C=O) groups is 2. The summed E-state index contributed by atoms with van der Waals surface area (Å²) in [7, 11) is 0. The number of hydrogen-bond donors (Lipinski definition) is 1. The molecule has 128 valence electrons. The van der Waals surface area contributed by atoms with Gasteiger partial charge in [0.1, 0.15) is 5.78 Å². The molecule has 4 nitrogen and oxygen atoms in total. The predicted molar refractivity (Wildman–Crippen MR) is 90.3 cm³/mol. The first-order valence-corrected chi connectivity index (χ1v) is 8.50. The van der Waals surface area contributed by atoms with Crippen LogP contribution in [-0.2, 0) is 20.9 Å². The largest absolute Gasteiger partial charge is 0.481 e. The summed E-state index contributed by atoms with van der Waals surface area (Å²) in [4.78, 5) is 22.2.